The van der Waals surface area contributed by atoms with E-state index < -0.39 is 0 Å². The van der Waals surface area contributed by atoms with E-state index >= 15 is 0 Å². The van der Waals surface area contributed by atoms with Gasteiger partial charge in [0.05, 0.1) is 22.8 Å². The SMILES string of the molecule is BrCc1cccc(-c2cccc(CBr)n2)n1. The molecule has 0 aliphatic rings. The standard InChI is InChI=1S/C12H10Br2N2/c13-7-9-3-1-5-11(15-9)12-6-2-4-10(8-14)16-12/h1-6H,7-8H2. The maximum absolute atomic E-state index is 4.51. The molecule has 0 aromatic carbocycles. The largest absolute Gasteiger partial charge is 0.250 e. The zero-order valence-corrected chi connectivity index (χ0v) is 11.7. The Labute approximate surface area is 111 Å². The maximum atomic E-state index is 4.51. The fourth-order valence-corrected chi connectivity index (χ4v) is 2.02. The Balaban J connectivity index is 2.41. The van der Waals surface area contributed by atoms with E-state index in [2.05, 4.69) is 41.8 Å². The third-order valence-corrected chi connectivity index (χ3v) is 3.30. The summed E-state index contributed by atoms with van der Waals surface area (Å²) in [7, 11) is 0. The molecule has 0 bridgehead atoms. The van der Waals surface area contributed by atoms with E-state index in [1.807, 2.05) is 36.4 Å². The maximum Gasteiger partial charge on any atom is 0.0889 e. The lowest BCUT2D eigenvalue weighted by atomic mass is 10.2. The highest BCUT2D eigenvalue weighted by Gasteiger charge is 2.02. The Bertz CT molecular complexity index is 440. The number of hydrogen-bond acceptors (Lipinski definition) is 2. The summed E-state index contributed by atoms with van der Waals surface area (Å²) in [5.74, 6) is 0. The quantitative estimate of drug-likeness (QED) is 0.790. The predicted octanol–water partition coefficient (Wildman–Crippen LogP) is 3.93. The van der Waals surface area contributed by atoms with Crippen LogP contribution in [0.1, 0.15) is 11.4 Å². The summed E-state index contributed by atoms with van der Waals surface area (Å²) in [5, 5.41) is 1.53. The summed E-state index contributed by atoms with van der Waals surface area (Å²) in [6, 6.07) is 11.9. The molecule has 2 rings (SSSR count). The normalized spacial score (nSPS) is 10.4. The van der Waals surface area contributed by atoms with Crippen LogP contribution in [0.2, 0.25) is 0 Å². The summed E-state index contributed by atoms with van der Waals surface area (Å²) in [6.45, 7) is 0. The smallest absolute Gasteiger partial charge is 0.0889 e. The van der Waals surface area contributed by atoms with Crippen molar-refractivity contribution in [2.24, 2.45) is 0 Å². The van der Waals surface area contributed by atoms with Crippen LogP contribution in [0.4, 0.5) is 0 Å². The second-order valence-corrected chi connectivity index (χ2v) is 4.42. The van der Waals surface area contributed by atoms with Gasteiger partial charge in [-0.15, -0.1) is 0 Å². The molecule has 0 saturated heterocycles. The Morgan fingerprint density at radius 3 is 1.56 bits per heavy atom. The first kappa shape index (κ1) is 11.7. The van der Waals surface area contributed by atoms with E-state index in [1.54, 1.807) is 0 Å². The molecule has 82 valence electrons. The highest BCUT2D eigenvalue weighted by atomic mass is 79.9. The first-order valence-electron chi connectivity index (χ1n) is 4.87. The van der Waals surface area contributed by atoms with Crippen molar-refractivity contribution < 1.29 is 0 Å². The van der Waals surface area contributed by atoms with Gasteiger partial charge in [0, 0.05) is 10.7 Å². The van der Waals surface area contributed by atoms with Gasteiger partial charge in [-0.1, -0.05) is 44.0 Å². The van der Waals surface area contributed by atoms with Crippen molar-refractivity contribution in [2.45, 2.75) is 10.7 Å². The molecule has 2 nitrogen and oxygen atoms in total. The lowest BCUT2D eigenvalue weighted by Crippen LogP contribution is -1.93. The highest BCUT2D eigenvalue weighted by molar-refractivity contribution is 9.08. The minimum atomic E-state index is 0.763. The van der Waals surface area contributed by atoms with Gasteiger partial charge in [0.15, 0.2) is 0 Å². The Hall–Kier alpha value is -0.740. The van der Waals surface area contributed by atoms with E-state index in [4.69, 9.17) is 0 Å². The summed E-state index contributed by atoms with van der Waals surface area (Å²) >= 11 is 6.80. The molecule has 2 aromatic rings. The molecule has 0 aliphatic carbocycles. The monoisotopic (exact) mass is 340 g/mol. The van der Waals surface area contributed by atoms with Gasteiger partial charge in [0.25, 0.3) is 0 Å². The number of alkyl halides is 2. The van der Waals surface area contributed by atoms with Crippen molar-refractivity contribution in [3.05, 3.63) is 47.8 Å². The van der Waals surface area contributed by atoms with Gasteiger partial charge in [-0.3, -0.25) is 9.97 Å². The third-order valence-electron chi connectivity index (χ3n) is 2.15. The van der Waals surface area contributed by atoms with Crippen LogP contribution in [0.3, 0.4) is 0 Å². The van der Waals surface area contributed by atoms with Gasteiger partial charge in [0.1, 0.15) is 0 Å². The summed E-state index contributed by atoms with van der Waals surface area (Å²) in [6.07, 6.45) is 0. The summed E-state index contributed by atoms with van der Waals surface area (Å²) in [4.78, 5) is 9.02. The molecule has 2 aromatic heterocycles. The Kier molecular flexibility index (Phi) is 4.07. The van der Waals surface area contributed by atoms with Crippen LogP contribution in [0.5, 0.6) is 0 Å². The average molecular weight is 342 g/mol. The van der Waals surface area contributed by atoms with Crippen LogP contribution in [-0.4, -0.2) is 9.97 Å². The van der Waals surface area contributed by atoms with Crippen molar-refractivity contribution in [3.8, 4) is 11.4 Å². The fourth-order valence-electron chi connectivity index (χ4n) is 1.39. The molecule has 0 atom stereocenters. The molecule has 0 unspecified atom stereocenters. The molecule has 0 spiro atoms. The van der Waals surface area contributed by atoms with E-state index in [-0.39, 0.29) is 0 Å². The van der Waals surface area contributed by atoms with Crippen molar-refractivity contribution in [1.29, 1.82) is 0 Å². The second-order valence-electron chi connectivity index (χ2n) is 3.30. The van der Waals surface area contributed by atoms with Gasteiger partial charge in [-0.25, -0.2) is 0 Å². The third kappa shape index (κ3) is 2.68. The molecule has 0 fully saturated rings. The lowest BCUT2D eigenvalue weighted by Gasteiger charge is -2.03. The first-order valence-corrected chi connectivity index (χ1v) is 7.12. The number of pyridine rings is 2. The molecule has 2 heterocycles. The van der Waals surface area contributed by atoms with Gasteiger partial charge in [0.2, 0.25) is 0 Å². The first-order chi connectivity index (χ1) is 7.83. The lowest BCUT2D eigenvalue weighted by molar-refractivity contribution is 1.13. The molecule has 16 heavy (non-hydrogen) atoms. The Morgan fingerprint density at radius 1 is 0.750 bits per heavy atom. The molecule has 0 saturated carbocycles. The van der Waals surface area contributed by atoms with Crippen LogP contribution in [-0.2, 0) is 10.7 Å². The van der Waals surface area contributed by atoms with Gasteiger partial charge >= 0.3 is 0 Å². The molecule has 4 heteroatoms. The van der Waals surface area contributed by atoms with Crippen molar-refractivity contribution in [2.75, 3.05) is 0 Å². The highest BCUT2D eigenvalue weighted by Crippen LogP contribution is 2.16. The number of halogens is 2. The zero-order valence-electron chi connectivity index (χ0n) is 8.53. The van der Waals surface area contributed by atoms with Crippen LogP contribution >= 0.6 is 31.9 Å². The Morgan fingerprint density at radius 2 is 1.19 bits per heavy atom. The van der Waals surface area contributed by atoms with Crippen molar-refractivity contribution >= 4 is 31.9 Å². The summed E-state index contributed by atoms with van der Waals surface area (Å²) < 4.78 is 0. The van der Waals surface area contributed by atoms with Crippen molar-refractivity contribution in [3.63, 3.8) is 0 Å². The number of rotatable bonds is 3. The molecule has 0 aliphatic heterocycles. The van der Waals surface area contributed by atoms with Gasteiger partial charge in [-0.05, 0) is 24.3 Å². The molecule has 0 radical (unpaired) electrons. The van der Waals surface area contributed by atoms with Crippen molar-refractivity contribution in [1.82, 2.24) is 9.97 Å². The number of nitrogens with zero attached hydrogens (tertiary/aromatic N) is 2. The van der Waals surface area contributed by atoms with E-state index in [9.17, 15) is 0 Å². The van der Waals surface area contributed by atoms with E-state index in [1.165, 1.54) is 0 Å². The fraction of sp³-hybridized carbons (Fsp3) is 0.167. The molecule has 0 amide bonds. The molecular weight excluding hydrogens is 332 g/mol. The molecular formula is C12H10Br2N2. The number of aromatic nitrogens is 2. The van der Waals surface area contributed by atoms with Crippen LogP contribution in [0.25, 0.3) is 11.4 Å². The molecule has 0 N–H and O–H groups in total. The predicted molar refractivity (Wildman–Crippen MR) is 72.7 cm³/mol. The van der Waals surface area contributed by atoms with E-state index in [0.29, 0.717) is 0 Å². The average Bonchev–Trinajstić information content (AvgIpc) is 2.39. The minimum Gasteiger partial charge on any atom is -0.250 e. The van der Waals surface area contributed by atoms with Gasteiger partial charge < -0.3 is 0 Å². The minimum absolute atomic E-state index is 0.763. The van der Waals surface area contributed by atoms with E-state index in [0.717, 1.165) is 33.4 Å². The zero-order chi connectivity index (χ0) is 11.4. The van der Waals surface area contributed by atoms with Crippen LogP contribution in [0, 0.1) is 0 Å². The topological polar surface area (TPSA) is 25.8 Å². The van der Waals surface area contributed by atoms with Crippen LogP contribution < -0.4 is 0 Å². The number of hydrogen-bond donors (Lipinski definition) is 0. The van der Waals surface area contributed by atoms with Crippen LogP contribution in [0.15, 0.2) is 36.4 Å². The second kappa shape index (κ2) is 5.55. The summed E-state index contributed by atoms with van der Waals surface area (Å²) in [5.41, 5.74) is 3.87. The van der Waals surface area contributed by atoms with Gasteiger partial charge in [-0.2, -0.15) is 0 Å².